The van der Waals surface area contributed by atoms with Crippen LogP contribution < -0.4 is 5.32 Å². The molecular weight excluding hydrogens is 270 g/mol. The largest absolute Gasteiger partial charge is 0.381 e. The van der Waals surface area contributed by atoms with E-state index in [9.17, 15) is 4.79 Å². The van der Waals surface area contributed by atoms with Gasteiger partial charge in [0.25, 0.3) is 0 Å². The molecule has 2 aliphatic rings. The minimum absolute atomic E-state index is 0.0280. The molecule has 1 saturated heterocycles. The van der Waals surface area contributed by atoms with Crippen LogP contribution in [-0.4, -0.2) is 52.0 Å². The van der Waals surface area contributed by atoms with Gasteiger partial charge in [-0.2, -0.15) is 0 Å². The highest BCUT2D eigenvalue weighted by Crippen LogP contribution is 2.15. The number of amides is 2. The van der Waals surface area contributed by atoms with Crippen molar-refractivity contribution in [1.82, 2.24) is 25.0 Å². The van der Waals surface area contributed by atoms with E-state index in [4.69, 9.17) is 4.74 Å². The van der Waals surface area contributed by atoms with E-state index < -0.39 is 0 Å². The van der Waals surface area contributed by atoms with E-state index in [-0.39, 0.29) is 6.03 Å². The van der Waals surface area contributed by atoms with Gasteiger partial charge in [0.1, 0.15) is 5.82 Å². The van der Waals surface area contributed by atoms with Crippen LogP contribution in [0.5, 0.6) is 0 Å². The number of ether oxygens (including phenoxy) is 1. The molecule has 1 fully saturated rings. The number of nitrogens with zero attached hydrogens (tertiary/aromatic N) is 4. The molecule has 0 spiro atoms. The summed E-state index contributed by atoms with van der Waals surface area (Å²) in [7, 11) is 0. The fourth-order valence-corrected chi connectivity index (χ4v) is 3.00. The summed E-state index contributed by atoms with van der Waals surface area (Å²) in [5.74, 6) is 2.36. The summed E-state index contributed by atoms with van der Waals surface area (Å²) >= 11 is 0. The highest BCUT2D eigenvalue weighted by molar-refractivity contribution is 5.74. The van der Waals surface area contributed by atoms with Crippen molar-refractivity contribution in [2.45, 2.75) is 39.3 Å². The Hall–Kier alpha value is -1.63. The van der Waals surface area contributed by atoms with Crippen molar-refractivity contribution in [1.29, 1.82) is 0 Å². The van der Waals surface area contributed by atoms with Crippen LogP contribution in [0.3, 0.4) is 0 Å². The van der Waals surface area contributed by atoms with Crippen LogP contribution in [0.15, 0.2) is 0 Å². The van der Waals surface area contributed by atoms with Crippen molar-refractivity contribution < 1.29 is 9.53 Å². The molecule has 0 bridgehead atoms. The number of fused-ring (bicyclic) bond motifs is 1. The number of rotatable bonds is 5. The molecule has 1 N–H and O–H groups in total. The molecule has 3 rings (SSSR count). The average molecular weight is 293 g/mol. The lowest BCUT2D eigenvalue weighted by atomic mass is 10.1. The Balaban J connectivity index is 1.52. The summed E-state index contributed by atoms with van der Waals surface area (Å²) in [6.07, 6.45) is 3.15. The minimum Gasteiger partial charge on any atom is -0.381 e. The SMILES string of the molecule is CCN(C[C@H]1CCOC1)C(=O)NCc1nnc2n1CCC2. The molecule has 0 saturated carbocycles. The summed E-state index contributed by atoms with van der Waals surface area (Å²) < 4.78 is 7.48. The van der Waals surface area contributed by atoms with Crippen molar-refractivity contribution >= 4 is 6.03 Å². The van der Waals surface area contributed by atoms with Gasteiger partial charge in [0.2, 0.25) is 0 Å². The smallest absolute Gasteiger partial charge is 0.317 e. The lowest BCUT2D eigenvalue weighted by Crippen LogP contribution is -2.42. The molecule has 0 unspecified atom stereocenters. The van der Waals surface area contributed by atoms with Gasteiger partial charge in [-0.25, -0.2) is 4.79 Å². The Morgan fingerprint density at radius 3 is 3.19 bits per heavy atom. The molecule has 0 radical (unpaired) electrons. The van der Waals surface area contributed by atoms with Crippen LogP contribution in [0.25, 0.3) is 0 Å². The monoisotopic (exact) mass is 293 g/mol. The van der Waals surface area contributed by atoms with E-state index in [0.29, 0.717) is 19.0 Å². The highest BCUT2D eigenvalue weighted by atomic mass is 16.5. The maximum atomic E-state index is 12.3. The first-order valence-corrected chi connectivity index (χ1v) is 7.79. The van der Waals surface area contributed by atoms with Crippen molar-refractivity contribution in [3.63, 3.8) is 0 Å². The van der Waals surface area contributed by atoms with Gasteiger partial charge >= 0.3 is 6.03 Å². The maximum absolute atomic E-state index is 12.3. The van der Waals surface area contributed by atoms with E-state index in [1.807, 2.05) is 11.8 Å². The van der Waals surface area contributed by atoms with E-state index in [1.165, 1.54) is 0 Å². The number of nitrogens with one attached hydrogen (secondary N) is 1. The van der Waals surface area contributed by atoms with E-state index >= 15 is 0 Å². The molecule has 1 aromatic heterocycles. The molecule has 0 aliphatic carbocycles. The summed E-state index contributed by atoms with van der Waals surface area (Å²) in [6.45, 7) is 6.47. The van der Waals surface area contributed by atoms with Crippen LogP contribution >= 0.6 is 0 Å². The van der Waals surface area contributed by atoms with Crippen LogP contribution in [0.2, 0.25) is 0 Å². The first-order chi connectivity index (χ1) is 10.3. The summed E-state index contributed by atoms with van der Waals surface area (Å²) in [5, 5.41) is 11.3. The number of aromatic nitrogens is 3. The van der Waals surface area contributed by atoms with E-state index in [0.717, 1.165) is 57.2 Å². The summed E-state index contributed by atoms with van der Waals surface area (Å²) in [4.78, 5) is 14.1. The van der Waals surface area contributed by atoms with Gasteiger partial charge in [-0.15, -0.1) is 10.2 Å². The average Bonchev–Trinajstić information content (AvgIpc) is 3.20. The van der Waals surface area contributed by atoms with Crippen LogP contribution in [-0.2, 0) is 24.2 Å². The second-order valence-corrected chi connectivity index (χ2v) is 5.71. The quantitative estimate of drug-likeness (QED) is 0.871. The van der Waals surface area contributed by atoms with Gasteiger partial charge in [-0.05, 0) is 19.8 Å². The topological polar surface area (TPSA) is 72.3 Å². The fourth-order valence-electron chi connectivity index (χ4n) is 3.00. The molecule has 2 aliphatic heterocycles. The van der Waals surface area contributed by atoms with Crippen LogP contribution in [0, 0.1) is 5.92 Å². The number of carbonyl (C=O) groups is 1. The molecule has 116 valence electrons. The molecule has 21 heavy (non-hydrogen) atoms. The van der Waals surface area contributed by atoms with E-state index in [1.54, 1.807) is 0 Å². The van der Waals surface area contributed by atoms with Crippen molar-refractivity contribution in [3.8, 4) is 0 Å². The molecule has 0 aromatic carbocycles. The number of hydrogen-bond acceptors (Lipinski definition) is 4. The summed E-state index contributed by atoms with van der Waals surface area (Å²) in [6, 6.07) is -0.0280. The zero-order valence-corrected chi connectivity index (χ0v) is 12.5. The van der Waals surface area contributed by atoms with E-state index in [2.05, 4.69) is 20.1 Å². The Bertz CT molecular complexity index is 496. The first kappa shape index (κ1) is 14.3. The fraction of sp³-hybridized carbons (Fsp3) is 0.786. The van der Waals surface area contributed by atoms with Crippen LogP contribution in [0.4, 0.5) is 4.79 Å². The van der Waals surface area contributed by atoms with Gasteiger partial charge in [-0.1, -0.05) is 0 Å². The zero-order valence-electron chi connectivity index (χ0n) is 12.5. The zero-order chi connectivity index (χ0) is 14.7. The van der Waals surface area contributed by atoms with Gasteiger partial charge < -0.3 is 19.5 Å². The molecule has 1 aromatic rings. The predicted molar refractivity (Wildman–Crippen MR) is 76.8 cm³/mol. The molecule has 1 atom stereocenters. The lowest BCUT2D eigenvalue weighted by Gasteiger charge is -2.23. The van der Waals surface area contributed by atoms with Crippen molar-refractivity contribution in [2.75, 3.05) is 26.3 Å². The predicted octanol–water partition coefficient (Wildman–Crippen LogP) is 0.792. The second kappa shape index (κ2) is 6.43. The Morgan fingerprint density at radius 1 is 1.52 bits per heavy atom. The van der Waals surface area contributed by atoms with Gasteiger partial charge in [0.15, 0.2) is 5.82 Å². The molecule has 7 nitrogen and oxygen atoms in total. The maximum Gasteiger partial charge on any atom is 0.317 e. The molecule has 2 amide bonds. The van der Waals surface area contributed by atoms with Crippen LogP contribution in [0.1, 0.15) is 31.4 Å². The second-order valence-electron chi connectivity index (χ2n) is 5.71. The number of urea groups is 1. The Kier molecular flexibility index (Phi) is 4.38. The summed E-state index contributed by atoms with van der Waals surface area (Å²) in [5.41, 5.74) is 0. The molecule has 3 heterocycles. The number of hydrogen-bond donors (Lipinski definition) is 1. The number of carbonyl (C=O) groups excluding carboxylic acids is 1. The standard InChI is InChI=1S/C14H23N5O2/c1-2-18(9-11-5-7-21-10-11)14(20)15-8-13-17-16-12-4-3-6-19(12)13/h11H,2-10H2,1H3,(H,15,20)/t11-/m1/s1. The lowest BCUT2D eigenvalue weighted by molar-refractivity contribution is 0.166. The minimum atomic E-state index is -0.0280. The van der Waals surface area contributed by atoms with Crippen molar-refractivity contribution in [2.24, 2.45) is 5.92 Å². The highest BCUT2D eigenvalue weighted by Gasteiger charge is 2.22. The Labute approximate surface area is 124 Å². The van der Waals surface area contributed by atoms with Gasteiger partial charge in [0, 0.05) is 38.6 Å². The Morgan fingerprint density at radius 2 is 2.43 bits per heavy atom. The molecule has 7 heteroatoms. The third kappa shape index (κ3) is 3.18. The van der Waals surface area contributed by atoms with Crippen molar-refractivity contribution in [3.05, 3.63) is 11.6 Å². The number of aryl methyl sites for hydroxylation is 1. The first-order valence-electron chi connectivity index (χ1n) is 7.79. The molecular formula is C14H23N5O2. The normalized spacial score (nSPS) is 20.5. The van der Waals surface area contributed by atoms with Gasteiger partial charge in [-0.3, -0.25) is 0 Å². The third-order valence-corrected chi connectivity index (χ3v) is 4.26. The third-order valence-electron chi connectivity index (χ3n) is 4.26. The van der Waals surface area contributed by atoms with Gasteiger partial charge in [0.05, 0.1) is 13.2 Å².